The Hall–Kier alpha value is -0.690. The second kappa shape index (κ2) is 10.3. The molecule has 0 radical (unpaired) electrons. The first kappa shape index (κ1) is 27.5. The SMILES string of the molecule is CC(=O)O[C@H]1[C@@H]([N+]2(C)CCCCCC2)C[C@H]2[C@@H]3CC[C@H]4C[C@H](O)[C@@H](N5CCOCC5)C[C@]4(C)[C@H]3CC[C@@]21C. The molecule has 2 saturated heterocycles. The molecule has 1 N–H and O–H groups in total. The summed E-state index contributed by atoms with van der Waals surface area (Å²) in [5, 5.41) is 11.3. The normalized spacial score (nSPS) is 49.3. The van der Waals surface area contributed by atoms with Gasteiger partial charge in [-0.1, -0.05) is 13.8 Å². The van der Waals surface area contributed by atoms with Crippen molar-refractivity contribution in [2.24, 2.45) is 34.5 Å². The van der Waals surface area contributed by atoms with E-state index < -0.39 is 0 Å². The number of likely N-dealkylation sites (tertiary alicyclic amines) is 1. The molecule has 216 valence electrons. The van der Waals surface area contributed by atoms with Crippen molar-refractivity contribution in [2.75, 3.05) is 46.4 Å². The van der Waals surface area contributed by atoms with Gasteiger partial charge in [-0.15, -0.1) is 0 Å². The number of carbonyl (C=O) groups is 1. The van der Waals surface area contributed by atoms with E-state index in [9.17, 15) is 9.90 Å². The molecule has 6 heteroatoms. The van der Waals surface area contributed by atoms with Gasteiger partial charge in [0.1, 0.15) is 6.04 Å². The predicted octanol–water partition coefficient (Wildman–Crippen LogP) is 4.63. The van der Waals surface area contributed by atoms with Gasteiger partial charge in [0.2, 0.25) is 0 Å². The molecule has 0 amide bonds. The lowest BCUT2D eigenvalue weighted by Gasteiger charge is -2.62. The molecule has 0 aromatic rings. The van der Waals surface area contributed by atoms with Gasteiger partial charge in [-0.2, -0.15) is 0 Å². The zero-order valence-electron chi connectivity index (χ0n) is 24.7. The first-order valence-electron chi connectivity index (χ1n) is 16.2. The van der Waals surface area contributed by atoms with Crippen LogP contribution in [0.4, 0.5) is 0 Å². The molecule has 0 aromatic heterocycles. The molecule has 0 spiro atoms. The molecule has 4 saturated carbocycles. The zero-order chi connectivity index (χ0) is 26.7. The molecule has 6 nitrogen and oxygen atoms in total. The van der Waals surface area contributed by atoms with Crippen LogP contribution >= 0.6 is 0 Å². The Morgan fingerprint density at radius 3 is 2.37 bits per heavy atom. The summed E-state index contributed by atoms with van der Waals surface area (Å²) in [6, 6.07) is 0.712. The van der Waals surface area contributed by atoms with E-state index >= 15 is 0 Å². The number of quaternary nitrogens is 1. The molecule has 10 atom stereocenters. The number of hydrogen-bond donors (Lipinski definition) is 1. The van der Waals surface area contributed by atoms with Crippen molar-refractivity contribution < 1.29 is 23.9 Å². The monoisotopic (exact) mass is 531 g/mol. The van der Waals surface area contributed by atoms with Crippen molar-refractivity contribution >= 4 is 5.97 Å². The largest absolute Gasteiger partial charge is 0.456 e. The van der Waals surface area contributed by atoms with Crippen molar-refractivity contribution in [1.29, 1.82) is 0 Å². The second-order valence-electron chi connectivity index (χ2n) is 15.1. The maximum Gasteiger partial charge on any atom is 0.303 e. The molecule has 0 aromatic carbocycles. The van der Waals surface area contributed by atoms with E-state index in [-0.39, 0.29) is 29.6 Å². The molecule has 6 rings (SSSR count). The number of aliphatic hydroxyl groups is 1. The Bertz CT molecular complexity index is 868. The summed E-state index contributed by atoms with van der Waals surface area (Å²) in [6.45, 7) is 12.7. The van der Waals surface area contributed by atoms with Gasteiger partial charge in [-0.25, -0.2) is 0 Å². The third-order valence-corrected chi connectivity index (χ3v) is 13.3. The van der Waals surface area contributed by atoms with Crippen molar-refractivity contribution in [3.05, 3.63) is 0 Å². The maximum atomic E-state index is 12.5. The molecule has 2 aliphatic heterocycles. The molecule has 6 fully saturated rings. The Morgan fingerprint density at radius 2 is 1.68 bits per heavy atom. The van der Waals surface area contributed by atoms with Gasteiger partial charge < -0.3 is 19.1 Å². The third kappa shape index (κ3) is 4.48. The lowest BCUT2D eigenvalue weighted by molar-refractivity contribution is -0.935. The van der Waals surface area contributed by atoms with E-state index in [2.05, 4.69) is 25.8 Å². The Balaban J connectivity index is 1.29. The fraction of sp³-hybridized carbons (Fsp3) is 0.969. The average molecular weight is 532 g/mol. The van der Waals surface area contributed by atoms with Crippen LogP contribution in [0, 0.1) is 34.5 Å². The summed E-state index contributed by atoms with van der Waals surface area (Å²) >= 11 is 0. The number of aliphatic hydroxyl groups excluding tert-OH is 1. The molecule has 0 unspecified atom stereocenters. The number of ether oxygens (including phenoxy) is 2. The van der Waals surface area contributed by atoms with Crippen LogP contribution in [0.15, 0.2) is 0 Å². The van der Waals surface area contributed by atoms with E-state index in [1.807, 2.05) is 0 Å². The minimum Gasteiger partial charge on any atom is -0.456 e. The van der Waals surface area contributed by atoms with Crippen LogP contribution in [0.3, 0.4) is 0 Å². The number of esters is 1. The minimum atomic E-state index is -0.201. The highest BCUT2D eigenvalue weighted by Crippen LogP contribution is 2.67. The Morgan fingerprint density at radius 1 is 0.974 bits per heavy atom. The number of carbonyl (C=O) groups excluding carboxylic acids is 1. The molecular formula is C32H55N2O4+. The van der Waals surface area contributed by atoms with E-state index in [1.54, 1.807) is 6.92 Å². The van der Waals surface area contributed by atoms with Gasteiger partial charge in [0.05, 0.1) is 39.5 Å². The number of fused-ring (bicyclic) bond motifs is 5. The number of nitrogens with zero attached hydrogens (tertiary/aromatic N) is 2. The summed E-state index contributed by atoms with van der Waals surface area (Å²) in [4.78, 5) is 15.0. The molecule has 38 heavy (non-hydrogen) atoms. The molecule has 0 bridgehead atoms. The Kier molecular flexibility index (Phi) is 7.45. The van der Waals surface area contributed by atoms with E-state index in [1.165, 1.54) is 70.9 Å². The standard InChI is InChI=1S/C32H55N2O4/c1-22(35)38-30-28(34(4)15-7-5-6-8-16-34)20-26-24-10-9-23-19-29(36)27(33-13-17-37-18-14-33)21-32(23,3)25(24)11-12-31(26,30)2/h23-30,36H,5-21H2,1-4H3/q+1/t23-,24+,25-,26-,27-,28-,29-,30-,31-,32-/m0/s1. The van der Waals surface area contributed by atoms with Crippen LogP contribution < -0.4 is 0 Å². The van der Waals surface area contributed by atoms with Crippen molar-refractivity contribution in [1.82, 2.24) is 4.90 Å². The van der Waals surface area contributed by atoms with Gasteiger partial charge in [0.15, 0.2) is 6.10 Å². The van der Waals surface area contributed by atoms with Crippen molar-refractivity contribution in [2.45, 2.75) is 116 Å². The number of likely N-dealkylation sites (N-methyl/N-ethyl adjacent to an activating group) is 1. The van der Waals surface area contributed by atoms with Gasteiger partial charge in [0, 0.05) is 37.9 Å². The van der Waals surface area contributed by atoms with Crippen LogP contribution in [-0.4, -0.2) is 91.2 Å². The quantitative estimate of drug-likeness (QED) is 0.425. The maximum absolute atomic E-state index is 12.5. The smallest absolute Gasteiger partial charge is 0.303 e. The van der Waals surface area contributed by atoms with Crippen LogP contribution in [0.5, 0.6) is 0 Å². The summed E-state index contributed by atoms with van der Waals surface area (Å²) in [6.07, 6.45) is 13.5. The Labute approximate surface area is 231 Å². The predicted molar refractivity (Wildman–Crippen MR) is 148 cm³/mol. The number of morpholine rings is 1. The van der Waals surface area contributed by atoms with E-state index in [0.29, 0.717) is 23.3 Å². The summed E-state index contributed by atoms with van der Waals surface area (Å²) in [5.41, 5.74) is 0.384. The number of hydrogen-bond acceptors (Lipinski definition) is 5. The van der Waals surface area contributed by atoms with Crippen LogP contribution in [0.25, 0.3) is 0 Å². The number of rotatable bonds is 3. The zero-order valence-corrected chi connectivity index (χ0v) is 24.7. The lowest BCUT2D eigenvalue weighted by Crippen LogP contribution is -2.61. The third-order valence-electron chi connectivity index (χ3n) is 13.3. The van der Waals surface area contributed by atoms with Crippen LogP contribution in [-0.2, 0) is 14.3 Å². The highest BCUT2D eigenvalue weighted by atomic mass is 16.5. The fourth-order valence-corrected chi connectivity index (χ4v) is 11.2. The molecule has 6 aliphatic rings. The average Bonchev–Trinajstić information content (AvgIpc) is 3.02. The van der Waals surface area contributed by atoms with Crippen LogP contribution in [0.1, 0.15) is 91.4 Å². The molecule has 2 heterocycles. The van der Waals surface area contributed by atoms with Crippen molar-refractivity contribution in [3.8, 4) is 0 Å². The van der Waals surface area contributed by atoms with Gasteiger partial charge >= 0.3 is 5.97 Å². The summed E-state index contributed by atoms with van der Waals surface area (Å²) < 4.78 is 13.1. The lowest BCUT2D eigenvalue weighted by atomic mass is 9.44. The highest BCUT2D eigenvalue weighted by Gasteiger charge is 2.67. The minimum absolute atomic E-state index is 0.0499. The van der Waals surface area contributed by atoms with Gasteiger partial charge in [0.25, 0.3) is 0 Å². The fourth-order valence-electron chi connectivity index (χ4n) is 11.2. The highest BCUT2D eigenvalue weighted by molar-refractivity contribution is 5.66. The summed E-state index contributed by atoms with van der Waals surface area (Å²) in [5.74, 6) is 2.63. The van der Waals surface area contributed by atoms with Gasteiger partial charge in [-0.05, 0) is 93.3 Å². The first-order chi connectivity index (χ1) is 18.2. The molecule has 4 aliphatic carbocycles. The van der Waals surface area contributed by atoms with Gasteiger partial charge in [-0.3, -0.25) is 9.69 Å². The van der Waals surface area contributed by atoms with Crippen LogP contribution in [0.2, 0.25) is 0 Å². The summed E-state index contributed by atoms with van der Waals surface area (Å²) in [7, 11) is 2.48. The first-order valence-corrected chi connectivity index (χ1v) is 16.2. The molecular weight excluding hydrogens is 476 g/mol. The van der Waals surface area contributed by atoms with Crippen molar-refractivity contribution in [3.63, 3.8) is 0 Å². The second-order valence-corrected chi connectivity index (χ2v) is 15.1. The topological polar surface area (TPSA) is 59.0 Å². The van der Waals surface area contributed by atoms with E-state index in [0.717, 1.165) is 55.5 Å². The van der Waals surface area contributed by atoms with E-state index in [4.69, 9.17) is 9.47 Å².